The molecule has 2 amide bonds. The van der Waals surface area contributed by atoms with Crippen molar-refractivity contribution in [2.75, 3.05) is 4.90 Å². The Hall–Kier alpha value is -4.04. The molecule has 0 radical (unpaired) electrons. The fraction of sp³-hybridized carbons (Fsp3) is 0.276. The highest BCUT2D eigenvalue weighted by Gasteiger charge is 2.36. The summed E-state index contributed by atoms with van der Waals surface area (Å²) in [7, 11) is 0. The molecule has 1 atom stereocenters. The van der Waals surface area contributed by atoms with Crippen molar-refractivity contribution in [1.29, 1.82) is 0 Å². The second-order valence-corrected chi connectivity index (χ2v) is 10.2. The van der Waals surface area contributed by atoms with Crippen LogP contribution in [0.2, 0.25) is 5.02 Å². The van der Waals surface area contributed by atoms with Gasteiger partial charge >= 0.3 is 0 Å². The Morgan fingerprint density at radius 1 is 1.03 bits per heavy atom. The van der Waals surface area contributed by atoms with Crippen LogP contribution < -0.4 is 10.2 Å². The topological polar surface area (TPSA) is 97.2 Å². The molecule has 0 unspecified atom stereocenters. The monoisotopic (exact) mass is 531 g/mol. The zero-order valence-corrected chi connectivity index (χ0v) is 22.6. The fourth-order valence-electron chi connectivity index (χ4n) is 4.13. The summed E-state index contributed by atoms with van der Waals surface area (Å²) in [6, 6.07) is 19.8. The predicted molar refractivity (Wildman–Crippen MR) is 148 cm³/mol. The van der Waals surface area contributed by atoms with Crippen LogP contribution in [0.25, 0.3) is 11.0 Å². The van der Waals surface area contributed by atoms with Crippen LogP contribution in [0.5, 0.6) is 0 Å². The Balaban J connectivity index is 1.88. The highest BCUT2D eigenvalue weighted by Crippen LogP contribution is 2.33. The third-order valence-electron chi connectivity index (χ3n) is 6.56. The number of carbonyl (C=O) groups is 3. The van der Waals surface area contributed by atoms with Crippen molar-refractivity contribution in [3.05, 3.63) is 88.9 Å². The number of fused-ring (bicyclic) bond motifs is 1. The standard InChI is InChI=1S/C29H30ClN5O3/c1-5-29(3,4)31-28(38)27(22-13-6-7-14-23(22)30)35(21-12-10-11-20(17-21)19(2)36)26(37)18-34-25-16-9-8-15-24(25)32-33-34/h6-17,27H,5,18H2,1-4H3,(H,31,38)/t27-/m1/s1. The third kappa shape index (κ3) is 5.75. The number of nitrogens with zero attached hydrogens (tertiary/aromatic N) is 4. The number of amides is 2. The van der Waals surface area contributed by atoms with Gasteiger partial charge in [-0.25, -0.2) is 4.68 Å². The number of benzene rings is 3. The number of hydrogen-bond donors (Lipinski definition) is 1. The quantitative estimate of drug-likeness (QED) is 0.293. The minimum atomic E-state index is -1.11. The summed E-state index contributed by atoms with van der Waals surface area (Å²) in [6.45, 7) is 7.07. The van der Waals surface area contributed by atoms with Crippen molar-refractivity contribution >= 4 is 45.9 Å². The van der Waals surface area contributed by atoms with Gasteiger partial charge in [0.2, 0.25) is 11.8 Å². The van der Waals surface area contributed by atoms with Gasteiger partial charge in [-0.2, -0.15) is 0 Å². The zero-order valence-electron chi connectivity index (χ0n) is 21.8. The van der Waals surface area contributed by atoms with Gasteiger partial charge in [-0.3, -0.25) is 19.3 Å². The molecule has 1 heterocycles. The second kappa shape index (κ2) is 11.1. The number of halogens is 1. The van der Waals surface area contributed by atoms with E-state index in [9.17, 15) is 14.4 Å². The maximum atomic E-state index is 14.1. The van der Waals surface area contributed by atoms with Crippen molar-refractivity contribution in [2.24, 2.45) is 0 Å². The van der Waals surface area contributed by atoms with Crippen LogP contribution in [0.4, 0.5) is 5.69 Å². The summed E-state index contributed by atoms with van der Waals surface area (Å²) >= 11 is 6.61. The van der Waals surface area contributed by atoms with E-state index in [0.717, 1.165) is 0 Å². The lowest BCUT2D eigenvalue weighted by atomic mass is 9.98. The molecule has 8 nitrogen and oxygen atoms in total. The normalized spacial score (nSPS) is 12.2. The molecule has 1 aromatic heterocycles. The van der Waals surface area contributed by atoms with Gasteiger partial charge in [0.05, 0.1) is 5.52 Å². The predicted octanol–water partition coefficient (Wildman–Crippen LogP) is 5.37. The van der Waals surface area contributed by atoms with Crippen LogP contribution in [0.1, 0.15) is 56.1 Å². The first-order valence-electron chi connectivity index (χ1n) is 12.4. The molecule has 0 saturated heterocycles. The van der Waals surface area contributed by atoms with Gasteiger partial charge in [0.25, 0.3) is 0 Å². The van der Waals surface area contributed by atoms with Crippen LogP contribution in [0.15, 0.2) is 72.8 Å². The maximum absolute atomic E-state index is 14.1. The van der Waals surface area contributed by atoms with Crippen LogP contribution in [0.3, 0.4) is 0 Å². The largest absolute Gasteiger partial charge is 0.349 e. The van der Waals surface area contributed by atoms with Gasteiger partial charge in [0.1, 0.15) is 18.1 Å². The third-order valence-corrected chi connectivity index (χ3v) is 6.90. The summed E-state index contributed by atoms with van der Waals surface area (Å²) in [5.41, 5.74) is 2.07. The molecular weight excluding hydrogens is 502 g/mol. The highest BCUT2D eigenvalue weighted by molar-refractivity contribution is 6.31. The van der Waals surface area contributed by atoms with E-state index in [-0.39, 0.29) is 12.3 Å². The van der Waals surface area contributed by atoms with Crippen molar-refractivity contribution in [3.63, 3.8) is 0 Å². The fourth-order valence-corrected chi connectivity index (χ4v) is 4.37. The van der Waals surface area contributed by atoms with Crippen molar-refractivity contribution in [1.82, 2.24) is 20.3 Å². The second-order valence-electron chi connectivity index (χ2n) is 9.76. The summed E-state index contributed by atoms with van der Waals surface area (Å²) in [6.07, 6.45) is 0.673. The average Bonchev–Trinajstić information content (AvgIpc) is 3.30. The number of aromatic nitrogens is 3. The average molecular weight is 532 g/mol. The van der Waals surface area contributed by atoms with Gasteiger partial charge < -0.3 is 5.32 Å². The molecule has 0 fully saturated rings. The Kier molecular flexibility index (Phi) is 7.92. The number of rotatable bonds is 9. The smallest absolute Gasteiger partial charge is 0.249 e. The van der Waals surface area contributed by atoms with Crippen molar-refractivity contribution < 1.29 is 14.4 Å². The Labute approximate surface area is 226 Å². The van der Waals surface area contributed by atoms with Crippen LogP contribution in [0, 0.1) is 0 Å². The molecule has 0 bridgehead atoms. The van der Waals surface area contributed by atoms with E-state index in [1.165, 1.54) is 16.5 Å². The molecule has 0 saturated carbocycles. The van der Waals surface area contributed by atoms with Gasteiger partial charge in [0.15, 0.2) is 5.78 Å². The summed E-state index contributed by atoms with van der Waals surface area (Å²) in [5.74, 6) is -0.974. The van der Waals surface area contributed by atoms with Crippen molar-refractivity contribution in [2.45, 2.75) is 52.2 Å². The molecule has 0 aliphatic carbocycles. The van der Waals surface area contributed by atoms with E-state index in [1.54, 1.807) is 48.5 Å². The lowest BCUT2D eigenvalue weighted by molar-refractivity contribution is -0.128. The summed E-state index contributed by atoms with van der Waals surface area (Å²) in [4.78, 5) is 41.7. The van der Waals surface area contributed by atoms with E-state index in [2.05, 4.69) is 15.6 Å². The molecule has 4 aromatic rings. The SMILES string of the molecule is CCC(C)(C)NC(=O)[C@@H](c1ccccc1Cl)N(C(=O)Cn1nnc2ccccc21)c1cccc(C(C)=O)c1. The van der Waals surface area contributed by atoms with Gasteiger partial charge in [-0.05, 0) is 57.5 Å². The Bertz CT molecular complexity index is 1500. The maximum Gasteiger partial charge on any atom is 0.249 e. The van der Waals surface area contributed by atoms with Crippen molar-refractivity contribution in [3.8, 4) is 0 Å². The van der Waals surface area contributed by atoms with Gasteiger partial charge in [0, 0.05) is 27.4 Å². The van der Waals surface area contributed by atoms with E-state index in [1.807, 2.05) is 45.0 Å². The molecule has 0 aliphatic rings. The van der Waals surface area contributed by atoms with E-state index in [0.29, 0.717) is 39.3 Å². The number of para-hydroxylation sites is 1. The van der Waals surface area contributed by atoms with Gasteiger partial charge in [-0.15, -0.1) is 5.10 Å². The first-order valence-corrected chi connectivity index (χ1v) is 12.8. The summed E-state index contributed by atoms with van der Waals surface area (Å²) in [5, 5.41) is 11.7. The molecule has 38 heavy (non-hydrogen) atoms. The van der Waals surface area contributed by atoms with E-state index >= 15 is 0 Å². The number of Topliss-reactive ketones (excluding diaryl/α,β-unsaturated/α-hetero) is 1. The first-order chi connectivity index (χ1) is 18.1. The molecule has 0 spiro atoms. The van der Waals surface area contributed by atoms with Crippen LogP contribution in [-0.4, -0.2) is 38.1 Å². The molecule has 4 rings (SSSR count). The molecule has 9 heteroatoms. The highest BCUT2D eigenvalue weighted by atomic mass is 35.5. The molecule has 0 aliphatic heterocycles. The lowest BCUT2D eigenvalue weighted by Crippen LogP contribution is -2.51. The molecule has 1 N–H and O–H groups in total. The van der Waals surface area contributed by atoms with Gasteiger partial charge in [-0.1, -0.05) is 66.2 Å². The lowest BCUT2D eigenvalue weighted by Gasteiger charge is -2.35. The number of carbonyl (C=O) groups excluding carboxylic acids is 3. The van der Waals surface area contributed by atoms with E-state index < -0.39 is 23.4 Å². The Morgan fingerprint density at radius 2 is 1.74 bits per heavy atom. The number of hydrogen-bond acceptors (Lipinski definition) is 5. The number of ketones is 1. The van der Waals surface area contributed by atoms with Crippen LogP contribution in [-0.2, 0) is 16.1 Å². The zero-order chi connectivity index (χ0) is 27.4. The van der Waals surface area contributed by atoms with Crippen LogP contribution >= 0.6 is 11.6 Å². The first kappa shape index (κ1) is 27.0. The minimum Gasteiger partial charge on any atom is -0.349 e. The Morgan fingerprint density at radius 3 is 2.45 bits per heavy atom. The molecule has 3 aromatic carbocycles. The number of anilines is 1. The van der Waals surface area contributed by atoms with E-state index in [4.69, 9.17) is 11.6 Å². The number of nitrogens with one attached hydrogen (secondary N) is 1. The molecule has 196 valence electrons. The molecular formula is C29H30ClN5O3. The summed E-state index contributed by atoms with van der Waals surface area (Å²) < 4.78 is 1.50. The minimum absolute atomic E-state index is 0.160.